The first kappa shape index (κ1) is 15.6. The number of hydrogen-bond donors (Lipinski definition) is 2. The fourth-order valence-electron chi connectivity index (χ4n) is 2.26. The van der Waals surface area contributed by atoms with E-state index in [1.807, 2.05) is 38.1 Å². The topological polar surface area (TPSA) is 61.4 Å². The van der Waals surface area contributed by atoms with Crippen LogP contribution >= 0.6 is 11.6 Å². The van der Waals surface area contributed by atoms with Crippen LogP contribution in [0.2, 0.25) is 5.02 Å². The van der Waals surface area contributed by atoms with Gasteiger partial charge in [0, 0.05) is 17.6 Å². The van der Waals surface area contributed by atoms with Crippen molar-refractivity contribution in [2.45, 2.75) is 32.4 Å². The molecule has 2 rings (SSSR count). The van der Waals surface area contributed by atoms with Crippen LogP contribution in [0.15, 0.2) is 24.3 Å². The smallest absolute Gasteiger partial charge is 0.318 e. The van der Waals surface area contributed by atoms with Crippen molar-refractivity contribution in [2.24, 2.45) is 0 Å². The van der Waals surface area contributed by atoms with Crippen molar-refractivity contribution >= 4 is 23.5 Å². The number of nitrogens with zero attached hydrogens (tertiary/aromatic N) is 1. The Morgan fingerprint density at radius 2 is 2.10 bits per heavy atom. The van der Waals surface area contributed by atoms with Gasteiger partial charge in [0.1, 0.15) is 6.04 Å². The maximum Gasteiger partial charge on any atom is 0.318 e. The van der Waals surface area contributed by atoms with Gasteiger partial charge in [0.2, 0.25) is 5.91 Å². The van der Waals surface area contributed by atoms with E-state index < -0.39 is 6.04 Å². The highest BCUT2D eigenvalue weighted by Crippen LogP contribution is 2.10. The Bertz CT molecular complexity index is 516. The molecule has 0 spiro atoms. The first-order chi connectivity index (χ1) is 9.97. The zero-order chi connectivity index (χ0) is 15.4. The Kier molecular flexibility index (Phi) is 5.07. The highest BCUT2D eigenvalue weighted by atomic mass is 35.5. The monoisotopic (exact) mass is 309 g/mol. The Morgan fingerprint density at radius 3 is 2.67 bits per heavy atom. The third-order valence-corrected chi connectivity index (χ3v) is 3.76. The standard InChI is InChI=1S/C15H20ClN3O2/c1-10(2)19-9-13(18-15(19)21)14(20)17-8-7-11-3-5-12(16)6-4-11/h3-6,10,13H,7-9H2,1-2H3,(H,17,20)(H,18,21). The Morgan fingerprint density at radius 1 is 1.43 bits per heavy atom. The second-order valence-electron chi connectivity index (χ2n) is 5.42. The number of halogens is 1. The van der Waals surface area contributed by atoms with Crippen LogP contribution in [-0.4, -0.2) is 42.0 Å². The summed E-state index contributed by atoms with van der Waals surface area (Å²) in [6, 6.07) is 6.98. The summed E-state index contributed by atoms with van der Waals surface area (Å²) in [5.74, 6) is -0.138. The molecule has 3 amide bonds. The summed E-state index contributed by atoms with van der Waals surface area (Å²) >= 11 is 5.82. The molecule has 0 saturated carbocycles. The fourth-order valence-corrected chi connectivity index (χ4v) is 2.38. The molecule has 1 fully saturated rings. The van der Waals surface area contributed by atoms with E-state index in [0.29, 0.717) is 18.1 Å². The summed E-state index contributed by atoms with van der Waals surface area (Å²) < 4.78 is 0. The second-order valence-corrected chi connectivity index (χ2v) is 5.85. The summed E-state index contributed by atoms with van der Waals surface area (Å²) in [5, 5.41) is 6.25. The summed E-state index contributed by atoms with van der Waals surface area (Å²) in [7, 11) is 0. The molecule has 1 heterocycles. The van der Waals surface area contributed by atoms with Crippen LogP contribution < -0.4 is 10.6 Å². The highest BCUT2D eigenvalue weighted by molar-refractivity contribution is 6.30. The van der Waals surface area contributed by atoms with E-state index in [1.54, 1.807) is 4.90 Å². The summed E-state index contributed by atoms with van der Waals surface area (Å²) in [5.41, 5.74) is 1.11. The average molecular weight is 310 g/mol. The molecular formula is C15H20ClN3O2. The van der Waals surface area contributed by atoms with Gasteiger partial charge in [-0.3, -0.25) is 4.79 Å². The SMILES string of the molecule is CC(C)N1CC(C(=O)NCCc2ccc(Cl)cc2)NC1=O. The fraction of sp³-hybridized carbons (Fsp3) is 0.467. The molecule has 1 aromatic rings. The van der Waals surface area contributed by atoms with Gasteiger partial charge in [-0.2, -0.15) is 0 Å². The Balaban J connectivity index is 1.78. The molecule has 0 radical (unpaired) electrons. The lowest BCUT2D eigenvalue weighted by Gasteiger charge is -2.18. The van der Waals surface area contributed by atoms with E-state index in [2.05, 4.69) is 10.6 Å². The van der Waals surface area contributed by atoms with Crippen LogP contribution in [0.25, 0.3) is 0 Å². The zero-order valence-electron chi connectivity index (χ0n) is 12.2. The van der Waals surface area contributed by atoms with Gasteiger partial charge in [0.05, 0.1) is 6.54 Å². The number of amides is 3. The van der Waals surface area contributed by atoms with Crippen molar-refractivity contribution in [3.63, 3.8) is 0 Å². The molecule has 1 aromatic carbocycles. The third kappa shape index (κ3) is 4.11. The number of carbonyl (C=O) groups is 2. The Hall–Kier alpha value is -1.75. The molecule has 1 aliphatic rings. The quantitative estimate of drug-likeness (QED) is 0.871. The normalized spacial score (nSPS) is 18.0. The number of hydrogen-bond acceptors (Lipinski definition) is 2. The predicted octanol–water partition coefficient (Wildman–Crippen LogP) is 1.80. The van der Waals surface area contributed by atoms with Gasteiger partial charge in [0.25, 0.3) is 0 Å². The lowest BCUT2D eigenvalue weighted by molar-refractivity contribution is -0.122. The first-order valence-electron chi connectivity index (χ1n) is 7.06. The minimum atomic E-state index is -0.467. The third-order valence-electron chi connectivity index (χ3n) is 3.50. The van der Waals surface area contributed by atoms with Crippen LogP contribution in [0, 0.1) is 0 Å². The molecule has 0 aliphatic carbocycles. The average Bonchev–Trinajstić information content (AvgIpc) is 2.83. The number of urea groups is 1. The molecule has 114 valence electrons. The van der Waals surface area contributed by atoms with Crippen LogP contribution in [0.5, 0.6) is 0 Å². The molecule has 1 unspecified atom stereocenters. The molecule has 2 N–H and O–H groups in total. The number of rotatable bonds is 5. The summed E-state index contributed by atoms with van der Waals surface area (Å²) in [4.78, 5) is 25.4. The molecule has 5 nitrogen and oxygen atoms in total. The molecule has 21 heavy (non-hydrogen) atoms. The van der Waals surface area contributed by atoms with E-state index >= 15 is 0 Å². The number of carbonyl (C=O) groups excluding carboxylic acids is 2. The minimum absolute atomic E-state index is 0.0943. The van der Waals surface area contributed by atoms with Gasteiger partial charge >= 0.3 is 6.03 Å². The summed E-state index contributed by atoms with van der Waals surface area (Å²) in [6.45, 7) is 4.82. The second kappa shape index (κ2) is 6.80. The van der Waals surface area contributed by atoms with Gasteiger partial charge in [-0.1, -0.05) is 23.7 Å². The minimum Gasteiger partial charge on any atom is -0.354 e. The maximum atomic E-state index is 12.0. The molecule has 1 saturated heterocycles. The molecule has 1 aliphatic heterocycles. The van der Waals surface area contributed by atoms with Crippen molar-refractivity contribution < 1.29 is 9.59 Å². The number of benzene rings is 1. The molecular weight excluding hydrogens is 290 g/mol. The zero-order valence-corrected chi connectivity index (χ0v) is 13.0. The van der Waals surface area contributed by atoms with Crippen LogP contribution in [-0.2, 0) is 11.2 Å². The molecule has 6 heteroatoms. The van der Waals surface area contributed by atoms with E-state index in [4.69, 9.17) is 11.6 Å². The van der Waals surface area contributed by atoms with Crippen LogP contribution in [0.4, 0.5) is 4.79 Å². The van der Waals surface area contributed by atoms with E-state index in [0.717, 1.165) is 12.0 Å². The van der Waals surface area contributed by atoms with Crippen molar-refractivity contribution in [2.75, 3.05) is 13.1 Å². The van der Waals surface area contributed by atoms with E-state index in [1.165, 1.54) is 0 Å². The van der Waals surface area contributed by atoms with E-state index in [9.17, 15) is 9.59 Å². The largest absolute Gasteiger partial charge is 0.354 e. The lowest BCUT2D eigenvalue weighted by atomic mass is 10.1. The van der Waals surface area contributed by atoms with Gasteiger partial charge in [-0.05, 0) is 38.0 Å². The van der Waals surface area contributed by atoms with Crippen molar-refractivity contribution in [3.05, 3.63) is 34.9 Å². The molecule has 0 aromatic heterocycles. The molecule has 1 atom stereocenters. The highest BCUT2D eigenvalue weighted by Gasteiger charge is 2.34. The van der Waals surface area contributed by atoms with Crippen molar-refractivity contribution in [1.29, 1.82) is 0 Å². The summed E-state index contributed by atoms with van der Waals surface area (Å²) in [6.07, 6.45) is 0.734. The first-order valence-corrected chi connectivity index (χ1v) is 7.44. The maximum absolute atomic E-state index is 12.0. The van der Waals surface area contributed by atoms with E-state index in [-0.39, 0.29) is 18.0 Å². The van der Waals surface area contributed by atoms with Crippen molar-refractivity contribution in [3.8, 4) is 0 Å². The Labute approximate surface area is 129 Å². The van der Waals surface area contributed by atoms with Crippen LogP contribution in [0.3, 0.4) is 0 Å². The van der Waals surface area contributed by atoms with Gasteiger partial charge < -0.3 is 15.5 Å². The van der Waals surface area contributed by atoms with Gasteiger partial charge in [0.15, 0.2) is 0 Å². The lowest BCUT2D eigenvalue weighted by Crippen LogP contribution is -2.43. The predicted molar refractivity (Wildman–Crippen MR) is 82.3 cm³/mol. The number of nitrogens with one attached hydrogen (secondary N) is 2. The van der Waals surface area contributed by atoms with Crippen molar-refractivity contribution in [1.82, 2.24) is 15.5 Å². The van der Waals surface area contributed by atoms with Gasteiger partial charge in [-0.15, -0.1) is 0 Å². The molecule has 0 bridgehead atoms. The van der Waals surface area contributed by atoms with Gasteiger partial charge in [-0.25, -0.2) is 4.79 Å². The van der Waals surface area contributed by atoms with Crippen LogP contribution in [0.1, 0.15) is 19.4 Å².